The van der Waals surface area contributed by atoms with E-state index in [2.05, 4.69) is 0 Å². The summed E-state index contributed by atoms with van der Waals surface area (Å²) in [6.45, 7) is 13.1. The van der Waals surface area contributed by atoms with Crippen molar-refractivity contribution in [3.63, 3.8) is 0 Å². The van der Waals surface area contributed by atoms with E-state index in [0.29, 0.717) is 12.8 Å². The molecule has 0 unspecified atom stereocenters. The second-order valence-corrected chi connectivity index (χ2v) is 11.1. The lowest BCUT2D eigenvalue weighted by molar-refractivity contribution is -0.191. The molecule has 0 bridgehead atoms. The average molecular weight is 473 g/mol. The smallest absolute Gasteiger partial charge is 0.306 e. The number of aryl methyl sites for hydroxylation is 1. The van der Waals surface area contributed by atoms with Crippen molar-refractivity contribution in [2.75, 3.05) is 0 Å². The van der Waals surface area contributed by atoms with Gasteiger partial charge >= 0.3 is 11.9 Å². The topological polar surface area (TPSA) is 95.3 Å². The van der Waals surface area contributed by atoms with Crippen molar-refractivity contribution < 1.29 is 33.0 Å². The third kappa shape index (κ3) is 4.23. The molecule has 7 heteroatoms. The van der Waals surface area contributed by atoms with Crippen LogP contribution in [0.3, 0.4) is 0 Å². The first kappa shape index (κ1) is 24.7. The molecule has 3 aliphatic rings. The largest absolute Gasteiger partial charge is 0.464 e. The van der Waals surface area contributed by atoms with Crippen molar-refractivity contribution in [2.24, 2.45) is 17.3 Å². The number of carbonyl (C=O) groups is 3. The summed E-state index contributed by atoms with van der Waals surface area (Å²) in [5.74, 6) is -0.473. The summed E-state index contributed by atoms with van der Waals surface area (Å²) in [6.07, 6.45) is 3.17. The fourth-order valence-corrected chi connectivity index (χ4v) is 6.07. The molecule has 0 aromatic carbocycles. The highest BCUT2D eigenvalue weighted by atomic mass is 16.6. The molecule has 0 radical (unpaired) electrons. The van der Waals surface area contributed by atoms with Crippen LogP contribution in [0.5, 0.6) is 0 Å². The molecule has 1 aromatic rings. The molecule has 34 heavy (non-hydrogen) atoms. The van der Waals surface area contributed by atoms with Crippen LogP contribution in [0.4, 0.5) is 0 Å². The molecule has 6 atom stereocenters. The molecule has 0 amide bonds. The Morgan fingerprint density at radius 3 is 2.56 bits per heavy atom. The number of esters is 2. The van der Waals surface area contributed by atoms with Crippen LogP contribution in [0.1, 0.15) is 77.7 Å². The third-order valence-corrected chi connectivity index (χ3v) is 7.91. The number of ketones is 1. The number of ether oxygens (including phenoxy) is 3. The Morgan fingerprint density at radius 1 is 1.21 bits per heavy atom. The number of hydrogen-bond acceptors (Lipinski definition) is 7. The van der Waals surface area contributed by atoms with Gasteiger partial charge in [-0.25, -0.2) is 0 Å². The zero-order chi connectivity index (χ0) is 25.0. The molecule has 2 heterocycles. The fourth-order valence-electron chi connectivity index (χ4n) is 6.07. The molecule has 1 saturated carbocycles. The first-order chi connectivity index (χ1) is 15.9. The number of epoxide rings is 1. The molecule has 2 aliphatic carbocycles. The van der Waals surface area contributed by atoms with Crippen LogP contribution in [0, 0.1) is 24.2 Å². The van der Waals surface area contributed by atoms with E-state index in [1.165, 1.54) is 6.92 Å². The molecule has 7 nitrogen and oxygen atoms in total. The molecule has 1 aromatic heterocycles. The van der Waals surface area contributed by atoms with Crippen molar-refractivity contribution in [3.05, 3.63) is 28.7 Å². The maximum absolute atomic E-state index is 13.8. The van der Waals surface area contributed by atoms with Gasteiger partial charge in [0.15, 0.2) is 11.9 Å². The van der Waals surface area contributed by atoms with Crippen LogP contribution in [-0.4, -0.2) is 41.6 Å². The maximum Gasteiger partial charge on any atom is 0.306 e. The highest BCUT2D eigenvalue weighted by Gasteiger charge is 2.72. The Morgan fingerprint density at radius 2 is 1.91 bits per heavy atom. The van der Waals surface area contributed by atoms with Gasteiger partial charge in [0.1, 0.15) is 11.9 Å². The minimum absolute atomic E-state index is 0.0899. The highest BCUT2D eigenvalue weighted by Crippen LogP contribution is 2.62. The molecule has 186 valence electrons. The van der Waals surface area contributed by atoms with Crippen molar-refractivity contribution in [1.29, 1.82) is 0 Å². The lowest BCUT2D eigenvalue weighted by Crippen LogP contribution is -2.61. The van der Waals surface area contributed by atoms with E-state index in [1.807, 2.05) is 47.6 Å². The summed E-state index contributed by atoms with van der Waals surface area (Å²) < 4.78 is 23.9. The van der Waals surface area contributed by atoms with E-state index in [4.69, 9.17) is 18.6 Å². The molecule has 2 fully saturated rings. The van der Waals surface area contributed by atoms with Crippen LogP contribution >= 0.6 is 0 Å². The zero-order valence-corrected chi connectivity index (χ0v) is 21.2. The fraction of sp³-hybridized carbons (Fsp3) is 0.667. The Hall–Kier alpha value is -2.41. The van der Waals surface area contributed by atoms with Gasteiger partial charge in [-0.2, -0.15) is 0 Å². The van der Waals surface area contributed by atoms with Gasteiger partial charge in [-0.3, -0.25) is 14.4 Å². The third-order valence-electron chi connectivity index (χ3n) is 7.91. The maximum atomic E-state index is 13.8. The van der Waals surface area contributed by atoms with Crippen molar-refractivity contribution >= 4 is 23.8 Å². The zero-order valence-electron chi connectivity index (χ0n) is 21.2. The number of furan rings is 1. The summed E-state index contributed by atoms with van der Waals surface area (Å²) in [7, 11) is 0. The van der Waals surface area contributed by atoms with Gasteiger partial charge in [-0.15, -0.1) is 0 Å². The van der Waals surface area contributed by atoms with Crippen molar-refractivity contribution in [1.82, 2.24) is 0 Å². The second-order valence-electron chi connectivity index (χ2n) is 11.1. The Kier molecular flexibility index (Phi) is 6.30. The molecule has 0 spiro atoms. The van der Waals surface area contributed by atoms with Crippen molar-refractivity contribution in [2.45, 2.75) is 98.1 Å². The Labute approximate surface area is 201 Å². The van der Waals surface area contributed by atoms with Gasteiger partial charge in [-0.05, 0) is 44.7 Å². The van der Waals surface area contributed by atoms with Gasteiger partial charge in [-0.1, -0.05) is 26.3 Å². The van der Waals surface area contributed by atoms with E-state index >= 15 is 0 Å². The minimum atomic E-state index is -1.06. The highest BCUT2D eigenvalue weighted by molar-refractivity contribution is 5.89. The summed E-state index contributed by atoms with van der Waals surface area (Å²) in [5.41, 5.74) is 1.37. The van der Waals surface area contributed by atoms with Crippen LogP contribution in [-0.2, 0) is 35.0 Å². The number of carbonyl (C=O) groups excluding carboxylic acids is 3. The van der Waals surface area contributed by atoms with Gasteiger partial charge in [0.25, 0.3) is 0 Å². The van der Waals surface area contributed by atoms with E-state index in [9.17, 15) is 14.4 Å². The summed E-state index contributed by atoms with van der Waals surface area (Å²) >= 11 is 0. The van der Waals surface area contributed by atoms with E-state index in [-0.39, 0.29) is 36.6 Å². The van der Waals surface area contributed by atoms with Crippen LogP contribution in [0.25, 0.3) is 6.08 Å². The molecule has 1 saturated heterocycles. The molecular formula is C27H36O7. The standard InChI is InChI=1S/C27H36O7/c1-14(2)8-24(30)33-25-19(29)9-15(3)10-20-18(16(4)13-31-20)11-21-26(25,6)22(32-17(5)28)12-23-27(21,7)34-23/h10,13-14,21-23,25H,8-9,11-12H2,1-7H3/t21-,22+,23-,25+,26-,27+/m0/s1. The normalized spacial score (nSPS) is 34.9. The van der Waals surface area contributed by atoms with Gasteiger partial charge < -0.3 is 18.6 Å². The van der Waals surface area contributed by atoms with E-state index < -0.39 is 35.2 Å². The minimum Gasteiger partial charge on any atom is -0.464 e. The number of fused-ring (bicyclic) bond motifs is 4. The summed E-state index contributed by atoms with van der Waals surface area (Å²) in [5, 5.41) is 0. The lowest BCUT2D eigenvalue weighted by atomic mass is 9.56. The SMILES string of the molecule is CC(=O)O[C@@H]1C[C@@H]2O[C@]2(C)[C@H]2Cc3c(C)coc3C=C(C)CC(=O)[C@@H](OC(=O)CC(C)C)[C@@]21C. The number of rotatable bonds is 4. The Bertz CT molecular complexity index is 1030. The quantitative estimate of drug-likeness (QED) is 0.467. The molecule has 4 rings (SSSR count). The number of Topliss-reactive ketones (excluding diaryl/α,β-unsaturated/α-hetero) is 1. The second kappa shape index (κ2) is 8.67. The predicted octanol–water partition coefficient (Wildman–Crippen LogP) is 4.58. The predicted molar refractivity (Wildman–Crippen MR) is 125 cm³/mol. The van der Waals surface area contributed by atoms with Gasteiger partial charge in [0, 0.05) is 37.7 Å². The van der Waals surface area contributed by atoms with Crippen molar-refractivity contribution in [3.8, 4) is 0 Å². The van der Waals surface area contributed by atoms with Crippen LogP contribution in [0.2, 0.25) is 0 Å². The first-order valence-corrected chi connectivity index (χ1v) is 12.2. The average Bonchev–Trinajstić information content (AvgIpc) is 3.25. The molecule has 1 aliphatic heterocycles. The number of hydrogen-bond donors (Lipinski definition) is 0. The Balaban J connectivity index is 1.88. The summed E-state index contributed by atoms with van der Waals surface area (Å²) in [4.78, 5) is 38.8. The monoisotopic (exact) mass is 472 g/mol. The van der Waals surface area contributed by atoms with Crippen LogP contribution in [0.15, 0.2) is 16.3 Å². The van der Waals surface area contributed by atoms with Gasteiger partial charge in [0.2, 0.25) is 0 Å². The van der Waals surface area contributed by atoms with Crippen LogP contribution < -0.4 is 0 Å². The summed E-state index contributed by atoms with van der Waals surface area (Å²) in [6, 6.07) is 0. The lowest BCUT2D eigenvalue weighted by Gasteiger charge is -2.50. The van der Waals surface area contributed by atoms with E-state index in [1.54, 1.807) is 6.26 Å². The first-order valence-electron chi connectivity index (χ1n) is 12.2. The van der Waals surface area contributed by atoms with E-state index in [0.717, 1.165) is 22.5 Å². The number of allylic oxidation sites excluding steroid dienone is 1. The molecular weight excluding hydrogens is 436 g/mol. The molecule has 0 N–H and O–H groups in total. The van der Waals surface area contributed by atoms with Gasteiger partial charge in [0.05, 0.1) is 23.4 Å².